The minimum atomic E-state index is -3.90. The molecule has 0 spiro atoms. The Morgan fingerprint density at radius 3 is 2.04 bits per heavy atom. The second-order valence-electron chi connectivity index (χ2n) is 15.6. The largest absolute Gasteiger partial charge is 0.388 e. The Morgan fingerprint density at radius 1 is 0.821 bits per heavy atom. The fraction of sp³-hybridized carbons (Fsp3) is 0.429. The van der Waals surface area contributed by atoms with Crippen molar-refractivity contribution in [2.75, 3.05) is 13.1 Å². The average Bonchev–Trinajstić information content (AvgIpc) is 3.13. The Bertz CT molecular complexity index is 1840. The smallest absolute Gasteiger partial charge is 0.370 e. The van der Waals surface area contributed by atoms with E-state index in [-0.39, 0.29) is 25.0 Å². The summed E-state index contributed by atoms with van der Waals surface area (Å²) in [7, 11) is -3.90. The Kier molecular flexibility index (Phi) is 17.2. The van der Waals surface area contributed by atoms with Gasteiger partial charge in [0.1, 0.15) is 6.04 Å². The maximum Gasteiger partial charge on any atom is 0.388 e. The number of carbonyl (C=O) groups excluding carboxylic acids is 4. The zero-order valence-electron chi connectivity index (χ0n) is 33.3. The molecule has 3 rings (SSSR count). The van der Waals surface area contributed by atoms with Crippen LogP contribution in [0.5, 0.6) is 0 Å². The summed E-state index contributed by atoms with van der Waals surface area (Å²) in [6, 6.07) is 19.9. The highest BCUT2D eigenvalue weighted by atomic mass is 31.2. The van der Waals surface area contributed by atoms with Crippen LogP contribution in [-0.2, 0) is 55.4 Å². The lowest BCUT2D eigenvalue weighted by molar-refractivity contribution is -0.326. The number of amides is 4. The Balaban J connectivity index is 1.56. The van der Waals surface area contributed by atoms with Gasteiger partial charge in [-0.1, -0.05) is 78.9 Å². The van der Waals surface area contributed by atoms with Crippen LogP contribution in [0.1, 0.15) is 83.4 Å². The Hall–Kier alpha value is -4.65. The van der Waals surface area contributed by atoms with Crippen molar-refractivity contribution in [2.45, 2.75) is 96.5 Å². The van der Waals surface area contributed by atoms with Crippen LogP contribution in [0.15, 0.2) is 92.0 Å². The van der Waals surface area contributed by atoms with E-state index in [1.807, 2.05) is 30.3 Å². The highest BCUT2D eigenvalue weighted by Gasteiger charge is 2.33. The summed E-state index contributed by atoms with van der Waals surface area (Å²) in [4.78, 5) is 61.5. The fourth-order valence-corrected chi connectivity index (χ4v) is 7.03. The van der Waals surface area contributed by atoms with Crippen LogP contribution in [0.2, 0.25) is 0 Å². The predicted octanol–water partition coefficient (Wildman–Crippen LogP) is 6.71. The lowest BCUT2D eigenvalue weighted by Gasteiger charge is -2.25. The molecule has 3 aromatic carbocycles. The van der Waals surface area contributed by atoms with Gasteiger partial charge in [-0.15, -0.1) is 22.5 Å². The zero-order valence-corrected chi connectivity index (χ0v) is 34.2. The molecule has 5 N–H and O–H groups in total. The van der Waals surface area contributed by atoms with E-state index in [9.17, 15) is 23.7 Å². The van der Waals surface area contributed by atoms with E-state index < -0.39 is 67.4 Å². The van der Waals surface area contributed by atoms with Crippen LogP contribution in [0.25, 0.3) is 10.8 Å². The van der Waals surface area contributed by atoms with Crippen LogP contribution in [-0.4, -0.2) is 54.0 Å². The highest BCUT2D eigenvalue weighted by molar-refractivity contribution is 7.52. The average molecular weight is 793 g/mol. The third-order valence-electron chi connectivity index (χ3n) is 8.23. The SMILES string of the molecule is C=CC[C@H](CNC(=O)[C@H](CC(N)=O)NC(=O)CNC(=O)C[C@H](C=C)c1ccc(CP(=O)(OOC(C)(C)C)OOC(C)(C)C)cc1)Cc1cccc2ccccc12. The minimum Gasteiger partial charge on any atom is -0.370 e. The molecule has 0 saturated carbocycles. The molecular weight excluding hydrogens is 735 g/mol. The maximum absolute atomic E-state index is 13.5. The lowest BCUT2D eigenvalue weighted by atomic mass is 9.92. The normalized spacial score (nSPS) is 13.6. The van der Waals surface area contributed by atoms with Crippen molar-refractivity contribution in [3.05, 3.63) is 109 Å². The molecule has 0 aliphatic heterocycles. The molecule has 0 radical (unpaired) electrons. The number of nitrogens with two attached hydrogens (primary N) is 1. The number of hydrogen-bond acceptors (Lipinski definition) is 9. The van der Waals surface area contributed by atoms with Crippen LogP contribution < -0.4 is 21.7 Å². The molecule has 0 aromatic heterocycles. The van der Waals surface area contributed by atoms with Gasteiger partial charge in [0.25, 0.3) is 0 Å². The van der Waals surface area contributed by atoms with Crippen molar-refractivity contribution in [1.29, 1.82) is 0 Å². The van der Waals surface area contributed by atoms with E-state index in [0.717, 1.165) is 21.9 Å². The number of carbonyl (C=O) groups is 4. The Labute approximate surface area is 330 Å². The Morgan fingerprint density at radius 2 is 1.45 bits per heavy atom. The van der Waals surface area contributed by atoms with Gasteiger partial charge in [0.15, 0.2) is 0 Å². The van der Waals surface area contributed by atoms with Gasteiger partial charge >= 0.3 is 7.60 Å². The minimum absolute atomic E-state index is 0.00584. The first-order valence-corrected chi connectivity index (χ1v) is 20.3. The number of benzene rings is 3. The number of hydrogen-bond donors (Lipinski definition) is 4. The van der Waals surface area contributed by atoms with Gasteiger partial charge in [-0.2, -0.15) is 0 Å². The van der Waals surface area contributed by atoms with E-state index in [0.29, 0.717) is 18.4 Å². The van der Waals surface area contributed by atoms with Crippen molar-refractivity contribution >= 4 is 42.0 Å². The summed E-state index contributed by atoms with van der Waals surface area (Å²) in [6.45, 7) is 18.0. The van der Waals surface area contributed by atoms with Crippen molar-refractivity contribution in [2.24, 2.45) is 11.7 Å². The molecule has 0 saturated heterocycles. The fourth-order valence-electron chi connectivity index (χ4n) is 5.56. The van der Waals surface area contributed by atoms with Gasteiger partial charge in [-0.3, -0.25) is 23.7 Å². The molecule has 0 fully saturated rings. The summed E-state index contributed by atoms with van der Waals surface area (Å²) in [6.07, 6.45) is 4.10. The molecule has 0 bridgehead atoms. The quantitative estimate of drug-likeness (QED) is 0.0372. The number of primary amides is 1. The third-order valence-corrected chi connectivity index (χ3v) is 9.59. The monoisotopic (exact) mass is 792 g/mol. The second kappa shape index (κ2) is 21.0. The number of rotatable bonds is 22. The van der Waals surface area contributed by atoms with Crippen LogP contribution in [0.3, 0.4) is 0 Å². The van der Waals surface area contributed by atoms with Crippen molar-refractivity contribution in [3.8, 4) is 0 Å². The molecule has 0 unspecified atom stereocenters. The standard InChI is InChI=1S/C42H57N4O9P/c1-9-14-30(23-34-17-13-16-33-15-11-12-18-35(33)34)26-45-40(50)36(25-37(43)47)46-39(49)27-44-38(48)24-31(10-2)32-21-19-29(20-22-32)28-56(51,54-52-41(3,4)5)55-53-42(6,7)8/h9-13,15-22,30-31,36H,1-2,14,23-28H2,3-8H3,(H2,43,47)(H,44,48)(H,45,50)(H,46,49)/t30-,31-,36-/m0/s1. The van der Waals surface area contributed by atoms with E-state index in [1.165, 1.54) is 0 Å². The predicted molar refractivity (Wildman–Crippen MR) is 217 cm³/mol. The van der Waals surface area contributed by atoms with Crippen molar-refractivity contribution in [3.63, 3.8) is 0 Å². The summed E-state index contributed by atoms with van der Waals surface area (Å²) in [5, 5.41) is 10.2. The molecule has 0 aliphatic rings. The highest BCUT2D eigenvalue weighted by Crippen LogP contribution is 2.53. The van der Waals surface area contributed by atoms with Crippen molar-refractivity contribution < 1.29 is 42.9 Å². The van der Waals surface area contributed by atoms with Crippen LogP contribution in [0, 0.1) is 5.92 Å². The van der Waals surface area contributed by atoms with Gasteiger partial charge in [0.2, 0.25) is 23.6 Å². The molecule has 4 amide bonds. The molecule has 3 aromatic rings. The molecule has 0 aliphatic carbocycles. The molecule has 13 nitrogen and oxygen atoms in total. The third kappa shape index (κ3) is 16.2. The van der Waals surface area contributed by atoms with Gasteiger partial charge < -0.3 is 21.7 Å². The van der Waals surface area contributed by atoms with Crippen LogP contribution in [0.4, 0.5) is 0 Å². The van der Waals surface area contributed by atoms with E-state index in [4.69, 9.17) is 24.9 Å². The summed E-state index contributed by atoms with van der Waals surface area (Å²) in [5.74, 6) is -2.87. The zero-order chi connectivity index (χ0) is 41.5. The number of fused-ring (bicyclic) bond motifs is 1. The lowest BCUT2D eigenvalue weighted by Crippen LogP contribution is -2.51. The molecule has 0 heterocycles. The van der Waals surface area contributed by atoms with Crippen molar-refractivity contribution in [1.82, 2.24) is 16.0 Å². The first-order valence-electron chi connectivity index (χ1n) is 18.5. The van der Waals surface area contributed by atoms with Gasteiger partial charge in [0, 0.05) is 18.9 Å². The first-order chi connectivity index (χ1) is 26.3. The molecule has 3 atom stereocenters. The van der Waals surface area contributed by atoms with Gasteiger partial charge in [-0.05, 0) is 87.8 Å². The maximum atomic E-state index is 13.5. The summed E-state index contributed by atoms with van der Waals surface area (Å²) < 4.78 is 24.1. The van der Waals surface area contributed by atoms with E-state index in [1.54, 1.807) is 78.0 Å². The van der Waals surface area contributed by atoms with Gasteiger partial charge in [-0.25, -0.2) is 9.78 Å². The van der Waals surface area contributed by atoms with Crippen LogP contribution >= 0.6 is 7.60 Å². The summed E-state index contributed by atoms with van der Waals surface area (Å²) in [5.41, 5.74) is 6.38. The molecule has 56 heavy (non-hydrogen) atoms. The number of allylic oxidation sites excluding steroid dienone is 2. The van der Waals surface area contributed by atoms with E-state index >= 15 is 0 Å². The second-order valence-corrected chi connectivity index (χ2v) is 17.5. The molecule has 304 valence electrons. The number of nitrogens with one attached hydrogen (secondary N) is 3. The van der Waals surface area contributed by atoms with E-state index in [2.05, 4.69) is 41.2 Å². The van der Waals surface area contributed by atoms with Gasteiger partial charge in [0.05, 0.1) is 30.3 Å². The topological polar surface area (TPSA) is 184 Å². The first kappa shape index (κ1) is 45.7. The molecular formula is C42H57N4O9P. The summed E-state index contributed by atoms with van der Waals surface area (Å²) >= 11 is 0. The molecule has 14 heteroatoms.